The molecule has 0 aromatic heterocycles. The normalized spacial score (nSPS) is 22.8. The average Bonchev–Trinajstić information content (AvgIpc) is 3.30. The van der Waals surface area contributed by atoms with Crippen LogP contribution >= 0.6 is 11.8 Å². The summed E-state index contributed by atoms with van der Waals surface area (Å²) < 4.78 is 48.1. The molecule has 2 atom stereocenters. The molecule has 0 amide bonds. The summed E-state index contributed by atoms with van der Waals surface area (Å²) >= 11 is 1.30. The molecule has 0 spiro atoms. The van der Waals surface area contributed by atoms with E-state index in [0.29, 0.717) is 29.3 Å². The lowest BCUT2D eigenvalue weighted by Crippen LogP contribution is -2.37. The summed E-state index contributed by atoms with van der Waals surface area (Å²) in [6.45, 7) is 0.648. The molecular weight excluding hydrogens is 479 g/mol. The van der Waals surface area contributed by atoms with E-state index >= 15 is 0 Å². The standard InChI is InChI=1S/C24H27FN2O5S2/c1-26-18-9-8-16(12-18)10-11-27(17-6-4-3-5-7-17)20-13-22(33-2)21(14-23(20)34(26,30)31)32-15-19(25)24(28)29/h3-7,13-16,18H,8-12H2,1-2H3,(H,28,29)/b19-15-. The summed E-state index contributed by atoms with van der Waals surface area (Å²) in [5.74, 6) is -2.71. The average molecular weight is 507 g/mol. The molecule has 1 aliphatic heterocycles. The van der Waals surface area contributed by atoms with Crippen molar-refractivity contribution in [1.82, 2.24) is 4.31 Å². The minimum atomic E-state index is -3.93. The minimum absolute atomic E-state index is 0.0427. The Bertz CT molecular complexity index is 1200. The summed E-state index contributed by atoms with van der Waals surface area (Å²) in [6.07, 6.45) is 5.80. The third-order valence-electron chi connectivity index (χ3n) is 6.54. The van der Waals surface area contributed by atoms with Crippen molar-refractivity contribution in [2.24, 2.45) is 5.92 Å². The highest BCUT2D eigenvalue weighted by Gasteiger charge is 2.38. The van der Waals surface area contributed by atoms with Gasteiger partial charge in [-0.05, 0) is 56.1 Å². The van der Waals surface area contributed by atoms with E-state index in [9.17, 15) is 17.6 Å². The number of sulfonamides is 1. The van der Waals surface area contributed by atoms with Gasteiger partial charge in [-0.2, -0.15) is 8.70 Å². The number of thioether (sulfide) groups is 1. The topological polar surface area (TPSA) is 87.1 Å². The number of hydrogen-bond donors (Lipinski definition) is 1. The van der Waals surface area contributed by atoms with Crippen molar-refractivity contribution in [2.75, 3.05) is 24.7 Å². The van der Waals surface area contributed by atoms with Gasteiger partial charge in [0.1, 0.15) is 16.9 Å². The van der Waals surface area contributed by atoms with Crippen molar-refractivity contribution in [2.45, 2.75) is 41.5 Å². The zero-order valence-corrected chi connectivity index (χ0v) is 20.6. The van der Waals surface area contributed by atoms with Crippen LogP contribution < -0.4 is 9.64 Å². The van der Waals surface area contributed by atoms with E-state index in [4.69, 9.17) is 9.84 Å². The third kappa shape index (κ3) is 4.80. The lowest BCUT2D eigenvalue weighted by molar-refractivity contribution is -0.134. The van der Waals surface area contributed by atoms with Crippen LogP contribution in [0.1, 0.15) is 25.7 Å². The maximum absolute atomic E-state index is 13.9. The Labute approximate surface area is 203 Å². The molecule has 1 heterocycles. The van der Waals surface area contributed by atoms with Crippen molar-refractivity contribution >= 4 is 39.1 Å². The van der Waals surface area contributed by atoms with Gasteiger partial charge in [0.25, 0.3) is 0 Å². The van der Waals surface area contributed by atoms with Crippen LogP contribution in [0.5, 0.6) is 5.75 Å². The molecule has 182 valence electrons. The number of carboxylic acid groups (broad SMARTS) is 1. The van der Waals surface area contributed by atoms with Crippen LogP contribution in [0.4, 0.5) is 15.8 Å². The summed E-state index contributed by atoms with van der Waals surface area (Å²) in [4.78, 5) is 13.5. The number of para-hydroxylation sites is 1. The smallest absolute Gasteiger partial charge is 0.368 e. The third-order valence-corrected chi connectivity index (χ3v) is 9.24. The number of rotatable bonds is 5. The van der Waals surface area contributed by atoms with Gasteiger partial charge in [-0.15, -0.1) is 11.8 Å². The fourth-order valence-corrected chi connectivity index (χ4v) is 6.79. The molecule has 2 unspecified atom stereocenters. The number of anilines is 2. The van der Waals surface area contributed by atoms with E-state index in [1.807, 2.05) is 35.2 Å². The molecule has 7 nitrogen and oxygen atoms in total. The lowest BCUT2D eigenvalue weighted by atomic mass is 10.0. The van der Waals surface area contributed by atoms with Gasteiger partial charge in [0, 0.05) is 31.4 Å². The lowest BCUT2D eigenvalue weighted by Gasteiger charge is -2.33. The highest BCUT2D eigenvalue weighted by atomic mass is 32.2. The summed E-state index contributed by atoms with van der Waals surface area (Å²) in [5, 5.41) is 8.81. The van der Waals surface area contributed by atoms with Gasteiger partial charge >= 0.3 is 5.97 Å². The van der Waals surface area contributed by atoms with Crippen molar-refractivity contribution in [1.29, 1.82) is 0 Å². The van der Waals surface area contributed by atoms with Crippen molar-refractivity contribution in [3.05, 3.63) is 54.6 Å². The van der Waals surface area contributed by atoms with E-state index in [1.165, 1.54) is 22.1 Å². The molecule has 4 rings (SSSR count). The number of ether oxygens (including phenoxy) is 1. The number of nitrogens with zero attached hydrogens (tertiary/aromatic N) is 2. The molecule has 0 radical (unpaired) electrons. The number of fused-ring (bicyclic) bond motifs is 3. The number of carbonyl (C=O) groups is 1. The SMILES string of the molecule is CSc1cc2c(cc1O/C=C(\F)C(=O)O)S(=O)(=O)N(C)C1CCC(CCN2c2ccccc2)C1. The second kappa shape index (κ2) is 9.97. The Morgan fingerprint density at radius 2 is 1.94 bits per heavy atom. The zero-order chi connectivity index (χ0) is 24.5. The van der Waals surface area contributed by atoms with Crippen LogP contribution in [0.2, 0.25) is 0 Å². The minimum Gasteiger partial charge on any atom is -0.476 e. The molecular formula is C24H27FN2O5S2. The first-order chi connectivity index (χ1) is 16.2. The molecule has 1 N–H and O–H groups in total. The number of aliphatic carboxylic acids is 1. The molecule has 0 saturated heterocycles. The number of carboxylic acids is 1. The predicted octanol–water partition coefficient (Wildman–Crippen LogP) is 5.01. The molecule has 34 heavy (non-hydrogen) atoms. The first kappa shape index (κ1) is 24.6. The van der Waals surface area contributed by atoms with E-state index in [2.05, 4.69) is 0 Å². The van der Waals surface area contributed by atoms with Gasteiger partial charge in [-0.25, -0.2) is 13.2 Å². The molecule has 1 saturated carbocycles. The fourth-order valence-electron chi connectivity index (χ4n) is 4.67. The van der Waals surface area contributed by atoms with Crippen LogP contribution in [0.15, 0.2) is 64.3 Å². The number of benzene rings is 2. The van der Waals surface area contributed by atoms with Gasteiger partial charge < -0.3 is 14.7 Å². The summed E-state index contributed by atoms with van der Waals surface area (Å²) in [5.41, 5.74) is 1.38. The molecule has 1 fully saturated rings. The second-order valence-corrected chi connectivity index (χ2v) is 11.3. The quantitative estimate of drug-likeness (QED) is 0.346. The van der Waals surface area contributed by atoms with Crippen molar-refractivity contribution in [3.63, 3.8) is 0 Å². The van der Waals surface area contributed by atoms with E-state index in [0.717, 1.165) is 31.4 Å². The molecule has 2 aliphatic rings. The Hall–Kier alpha value is -2.56. The summed E-state index contributed by atoms with van der Waals surface area (Å²) in [6, 6.07) is 12.6. The first-order valence-corrected chi connectivity index (χ1v) is 13.7. The Morgan fingerprint density at radius 3 is 2.62 bits per heavy atom. The van der Waals surface area contributed by atoms with Gasteiger partial charge in [-0.1, -0.05) is 18.2 Å². The van der Waals surface area contributed by atoms with Crippen molar-refractivity contribution in [3.8, 4) is 5.75 Å². The monoisotopic (exact) mass is 506 g/mol. The van der Waals surface area contributed by atoms with Crippen LogP contribution in [0.25, 0.3) is 0 Å². The maximum atomic E-state index is 13.9. The van der Waals surface area contributed by atoms with E-state index in [1.54, 1.807) is 19.4 Å². The Balaban J connectivity index is 1.92. The van der Waals surface area contributed by atoms with Gasteiger partial charge in [-0.3, -0.25) is 0 Å². The first-order valence-electron chi connectivity index (χ1n) is 11.0. The molecule has 2 aromatic rings. The predicted molar refractivity (Wildman–Crippen MR) is 130 cm³/mol. The Kier molecular flexibility index (Phi) is 7.20. The van der Waals surface area contributed by atoms with Gasteiger partial charge in [0.05, 0.1) is 10.6 Å². The van der Waals surface area contributed by atoms with Crippen LogP contribution in [0.3, 0.4) is 0 Å². The highest BCUT2D eigenvalue weighted by Crippen LogP contribution is 2.44. The van der Waals surface area contributed by atoms with Crippen LogP contribution in [-0.2, 0) is 14.8 Å². The largest absolute Gasteiger partial charge is 0.476 e. The molecule has 10 heteroatoms. The number of hydrogen-bond acceptors (Lipinski definition) is 6. The van der Waals surface area contributed by atoms with Gasteiger partial charge in [0.2, 0.25) is 15.9 Å². The van der Waals surface area contributed by atoms with Crippen LogP contribution in [0, 0.1) is 5.92 Å². The van der Waals surface area contributed by atoms with E-state index < -0.39 is 21.8 Å². The van der Waals surface area contributed by atoms with Crippen LogP contribution in [-0.4, -0.2) is 49.7 Å². The second-order valence-electron chi connectivity index (χ2n) is 8.49. The fraction of sp³-hybridized carbons (Fsp3) is 0.375. The van der Waals surface area contributed by atoms with Gasteiger partial charge in [0.15, 0.2) is 0 Å². The van der Waals surface area contributed by atoms with E-state index in [-0.39, 0.29) is 16.7 Å². The Morgan fingerprint density at radius 1 is 1.21 bits per heavy atom. The summed E-state index contributed by atoms with van der Waals surface area (Å²) in [7, 11) is -2.32. The molecule has 1 aliphatic carbocycles. The molecule has 2 bridgehead atoms. The number of halogens is 1. The van der Waals surface area contributed by atoms with Crippen molar-refractivity contribution < 1.29 is 27.4 Å². The maximum Gasteiger partial charge on any atom is 0.368 e. The zero-order valence-electron chi connectivity index (χ0n) is 19.0. The highest BCUT2D eigenvalue weighted by molar-refractivity contribution is 7.98. The molecule has 2 aromatic carbocycles.